The predicted octanol–water partition coefficient (Wildman–Crippen LogP) is 1.15. The second-order valence-electron chi connectivity index (χ2n) is 5.24. The van der Waals surface area contributed by atoms with Gasteiger partial charge in [0.2, 0.25) is 5.91 Å². The highest BCUT2D eigenvalue weighted by Crippen LogP contribution is 2.10. The molecule has 2 aromatic heterocycles. The summed E-state index contributed by atoms with van der Waals surface area (Å²) >= 11 is 0. The van der Waals surface area contributed by atoms with Gasteiger partial charge in [0.25, 0.3) is 0 Å². The molecule has 0 saturated carbocycles. The lowest BCUT2D eigenvalue weighted by Gasteiger charge is -2.20. The Morgan fingerprint density at radius 1 is 1.26 bits per heavy atom. The number of hydrogen-bond donors (Lipinski definition) is 1. The first-order valence-electron chi connectivity index (χ1n) is 7.51. The minimum Gasteiger partial charge on any atom is -0.478 e. The molecule has 8 heteroatoms. The van der Waals surface area contributed by atoms with Gasteiger partial charge in [0.1, 0.15) is 6.54 Å². The Balaban J connectivity index is 2.05. The van der Waals surface area contributed by atoms with E-state index >= 15 is 0 Å². The number of rotatable bonds is 7. The van der Waals surface area contributed by atoms with Gasteiger partial charge in [0, 0.05) is 37.6 Å². The highest BCUT2D eigenvalue weighted by Gasteiger charge is 2.16. The smallest absolute Gasteiger partial charge is 0.338 e. The number of aryl methyl sites for hydroxylation is 2. The number of hydrogen-bond acceptors (Lipinski definition) is 4. The van der Waals surface area contributed by atoms with Gasteiger partial charge in [-0.15, -0.1) is 0 Å². The SMILES string of the molecule is CCN(Cc1cn(CC)nc1C)C(=O)Cn1cc(C(=O)O)cn1. The van der Waals surface area contributed by atoms with Crippen LogP contribution in [0.1, 0.15) is 35.5 Å². The molecule has 0 atom stereocenters. The number of likely N-dealkylation sites (N-methyl/N-ethyl adjacent to an activating group) is 1. The summed E-state index contributed by atoms with van der Waals surface area (Å²) in [6.45, 7) is 7.68. The van der Waals surface area contributed by atoms with Crippen LogP contribution in [0.3, 0.4) is 0 Å². The summed E-state index contributed by atoms with van der Waals surface area (Å²) in [4.78, 5) is 24.9. The number of aromatic carboxylic acids is 1. The van der Waals surface area contributed by atoms with Crippen molar-refractivity contribution in [2.45, 2.75) is 40.4 Å². The molecular weight excluding hydrogens is 298 g/mol. The molecule has 1 amide bonds. The average Bonchev–Trinajstić information content (AvgIpc) is 3.11. The van der Waals surface area contributed by atoms with Crippen molar-refractivity contribution in [1.82, 2.24) is 24.5 Å². The number of carboxylic acid groups (broad SMARTS) is 1. The quantitative estimate of drug-likeness (QED) is 0.826. The van der Waals surface area contributed by atoms with Crippen molar-refractivity contribution >= 4 is 11.9 Å². The summed E-state index contributed by atoms with van der Waals surface area (Å²) in [6, 6.07) is 0. The molecule has 0 radical (unpaired) electrons. The first kappa shape index (κ1) is 16.7. The van der Waals surface area contributed by atoms with E-state index in [1.807, 2.05) is 31.6 Å². The Kier molecular flexibility index (Phi) is 5.15. The van der Waals surface area contributed by atoms with Gasteiger partial charge in [-0.3, -0.25) is 14.2 Å². The molecule has 0 unspecified atom stereocenters. The number of amides is 1. The van der Waals surface area contributed by atoms with E-state index in [1.54, 1.807) is 4.90 Å². The fraction of sp³-hybridized carbons (Fsp3) is 0.467. The van der Waals surface area contributed by atoms with E-state index < -0.39 is 5.97 Å². The second kappa shape index (κ2) is 7.08. The molecule has 0 fully saturated rings. The molecule has 0 spiro atoms. The summed E-state index contributed by atoms with van der Waals surface area (Å²) in [5.74, 6) is -1.17. The van der Waals surface area contributed by atoms with Crippen molar-refractivity contribution in [1.29, 1.82) is 0 Å². The zero-order chi connectivity index (χ0) is 17.0. The topological polar surface area (TPSA) is 93.2 Å². The van der Waals surface area contributed by atoms with Crippen molar-refractivity contribution in [3.05, 3.63) is 35.4 Å². The lowest BCUT2D eigenvalue weighted by Crippen LogP contribution is -2.33. The van der Waals surface area contributed by atoms with Gasteiger partial charge < -0.3 is 10.0 Å². The molecule has 0 aliphatic rings. The van der Waals surface area contributed by atoms with Crippen LogP contribution in [0.5, 0.6) is 0 Å². The standard InChI is InChI=1S/C15H21N5O3/c1-4-18(7-13-9-19(5-2)17-11(13)3)14(21)10-20-8-12(6-16-20)15(22)23/h6,8-9H,4-5,7,10H2,1-3H3,(H,22,23). The maximum absolute atomic E-state index is 12.4. The van der Waals surface area contributed by atoms with Crippen molar-refractivity contribution in [2.75, 3.05) is 6.54 Å². The van der Waals surface area contributed by atoms with Crippen LogP contribution in [0.4, 0.5) is 0 Å². The van der Waals surface area contributed by atoms with Crippen molar-refractivity contribution in [2.24, 2.45) is 0 Å². The van der Waals surface area contributed by atoms with Crippen LogP contribution in [0.15, 0.2) is 18.6 Å². The first-order valence-corrected chi connectivity index (χ1v) is 7.51. The van der Waals surface area contributed by atoms with E-state index in [9.17, 15) is 9.59 Å². The predicted molar refractivity (Wildman–Crippen MR) is 82.9 cm³/mol. The third kappa shape index (κ3) is 3.97. The molecule has 0 saturated heterocycles. The molecule has 0 aliphatic carbocycles. The van der Waals surface area contributed by atoms with Crippen molar-refractivity contribution in [3.8, 4) is 0 Å². The normalized spacial score (nSPS) is 10.7. The lowest BCUT2D eigenvalue weighted by atomic mass is 10.2. The number of aromatic nitrogens is 4. The van der Waals surface area contributed by atoms with E-state index in [0.717, 1.165) is 17.8 Å². The van der Waals surface area contributed by atoms with Gasteiger partial charge in [-0.2, -0.15) is 10.2 Å². The number of carboxylic acids is 1. The van der Waals surface area contributed by atoms with Gasteiger partial charge in [-0.1, -0.05) is 0 Å². The minimum absolute atomic E-state index is 0.0160. The number of carbonyl (C=O) groups is 2. The summed E-state index contributed by atoms with van der Waals surface area (Å²) in [5, 5.41) is 17.2. The van der Waals surface area contributed by atoms with Crippen LogP contribution in [0, 0.1) is 6.92 Å². The molecule has 0 aromatic carbocycles. The van der Waals surface area contributed by atoms with Crippen LogP contribution < -0.4 is 0 Å². The van der Waals surface area contributed by atoms with Gasteiger partial charge in [-0.25, -0.2) is 4.79 Å². The lowest BCUT2D eigenvalue weighted by molar-refractivity contribution is -0.132. The van der Waals surface area contributed by atoms with E-state index in [2.05, 4.69) is 10.2 Å². The van der Waals surface area contributed by atoms with Crippen LogP contribution in [0.25, 0.3) is 0 Å². The molecule has 0 aliphatic heterocycles. The Morgan fingerprint density at radius 2 is 2.00 bits per heavy atom. The first-order chi connectivity index (χ1) is 10.9. The average molecular weight is 319 g/mol. The largest absolute Gasteiger partial charge is 0.478 e. The van der Waals surface area contributed by atoms with Crippen LogP contribution in [-0.2, 0) is 24.4 Å². The molecule has 8 nitrogen and oxygen atoms in total. The zero-order valence-electron chi connectivity index (χ0n) is 13.6. The van der Waals surface area contributed by atoms with E-state index in [4.69, 9.17) is 5.11 Å². The van der Waals surface area contributed by atoms with E-state index in [0.29, 0.717) is 13.1 Å². The van der Waals surface area contributed by atoms with Gasteiger partial charge in [0.15, 0.2) is 0 Å². The van der Waals surface area contributed by atoms with Crippen LogP contribution >= 0.6 is 0 Å². The molecular formula is C15H21N5O3. The van der Waals surface area contributed by atoms with Gasteiger partial charge in [-0.05, 0) is 20.8 Å². The summed E-state index contributed by atoms with van der Waals surface area (Å²) < 4.78 is 3.19. The zero-order valence-corrected chi connectivity index (χ0v) is 13.6. The third-order valence-electron chi connectivity index (χ3n) is 3.65. The molecule has 23 heavy (non-hydrogen) atoms. The molecule has 124 valence electrons. The second-order valence-corrected chi connectivity index (χ2v) is 5.24. The fourth-order valence-electron chi connectivity index (χ4n) is 2.26. The monoisotopic (exact) mass is 319 g/mol. The maximum Gasteiger partial charge on any atom is 0.338 e. The Labute approximate surface area is 134 Å². The Morgan fingerprint density at radius 3 is 2.52 bits per heavy atom. The highest BCUT2D eigenvalue weighted by atomic mass is 16.4. The minimum atomic E-state index is -1.06. The molecule has 1 N–H and O–H groups in total. The van der Waals surface area contributed by atoms with Crippen molar-refractivity contribution in [3.63, 3.8) is 0 Å². The Bertz CT molecular complexity index is 704. The van der Waals surface area contributed by atoms with Crippen molar-refractivity contribution < 1.29 is 14.7 Å². The van der Waals surface area contributed by atoms with Gasteiger partial charge in [0.05, 0.1) is 17.5 Å². The number of nitrogens with zero attached hydrogens (tertiary/aromatic N) is 5. The molecule has 2 rings (SSSR count). The number of carbonyl (C=O) groups excluding carboxylic acids is 1. The molecule has 0 bridgehead atoms. The molecule has 2 aromatic rings. The third-order valence-corrected chi connectivity index (χ3v) is 3.65. The van der Waals surface area contributed by atoms with E-state index in [1.165, 1.54) is 17.1 Å². The fourth-order valence-corrected chi connectivity index (χ4v) is 2.26. The summed E-state index contributed by atoms with van der Waals surface area (Å²) in [7, 11) is 0. The Hall–Kier alpha value is -2.64. The van der Waals surface area contributed by atoms with E-state index in [-0.39, 0.29) is 18.0 Å². The van der Waals surface area contributed by atoms with Crippen LogP contribution in [-0.4, -0.2) is 48.0 Å². The van der Waals surface area contributed by atoms with Gasteiger partial charge >= 0.3 is 5.97 Å². The molecule has 2 heterocycles. The van der Waals surface area contributed by atoms with Crippen LogP contribution in [0.2, 0.25) is 0 Å². The summed E-state index contributed by atoms with van der Waals surface area (Å²) in [5.41, 5.74) is 1.99. The summed E-state index contributed by atoms with van der Waals surface area (Å²) in [6.07, 6.45) is 4.54. The highest BCUT2D eigenvalue weighted by molar-refractivity contribution is 5.87. The maximum atomic E-state index is 12.4.